The van der Waals surface area contributed by atoms with E-state index in [0.717, 1.165) is 38.0 Å². The van der Waals surface area contributed by atoms with Crippen molar-refractivity contribution in [2.24, 2.45) is 5.41 Å². The van der Waals surface area contributed by atoms with E-state index < -0.39 is 5.60 Å². The number of carbonyl (C=O) groups is 1. The molecule has 140 valence electrons. The van der Waals surface area contributed by atoms with Crippen LogP contribution in [0.4, 0.5) is 4.79 Å². The van der Waals surface area contributed by atoms with E-state index in [1.54, 1.807) is 6.07 Å². The molecule has 25 heavy (non-hydrogen) atoms. The Hall–Kier alpha value is -0.970. The Morgan fingerprint density at radius 2 is 1.92 bits per heavy atom. The van der Waals surface area contributed by atoms with Gasteiger partial charge in [0.05, 0.1) is 0 Å². The number of amides is 1. The maximum atomic E-state index is 12.2. The smallest absolute Gasteiger partial charge is 0.410 e. The van der Waals surface area contributed by atoms with Crippen LogP contribution in [0, 0.1) is 5.41 Å². The number of rotatable bonds is 4. The van der Waals surface area contributed by atoms with Gasteiger partial charge in [0.15, 0.2) is 0 Å². The fraction of sp³-hybridized carbons (Fsp3) is 0.632. The maximum Gasteiger partial charge on any atom is 0.410 e. The van der Waals surface area contributed by atoms with Gasteiger partial charge in [0.1, 0.15) is 5.60 Å². The standard InChI is InChI=1S/C19H28Cl2N2O2/c1-18(2,3)25-17(24)23-9-7-19(4,8-10-23)13-22-12-14-5-6-15(20)11-16(14)21/h5-6,11,22H,7-10,12-13H2,1-4H3. The summed E-state index contributed by atoms with van der Waals surface area (Å²) < 4.78 is 5.45. The summed E-state index contributed by atoms with van der Waals surface area (Å²) in [5.41, 5.74) is 0.759. The van der Waals surface area contributed by atoms with Crippen LogP contribution >= 0.6 is 23.2 Å². The minimum atomic E-state index is -0.447. The number of nitrogens with one attached hydrogen (secondary N) is 1. The third-order valence-corrected chi connectivity index (χ3v) is 5.09. The molecule has 0 atom stereocenters. The van der Waals surface area contributed by atoms with Gasteiger partial charge in [-0.05, 0) is 56.7 Å². The number of likely N-dealkylation sites (tertiary alicyclic amines) is 1. The molecule has 6 heteroatoms. The van der Waals surface area contributed by atoms with E-state index in [-0.39, 0.29) is 11.5 Å². The molecule has 0 unspecified atom stereocenters. The highest BCUT2D eigenvalue weighted by Crippen LogP contribution is 2.31. The molecule has 1 aliphatic rings. The molecule has 1 N–H and O–H groups in total. The monoisotopic (exact) mass is 386 g/mol. The second-order valence-electron chi connectivity index (χ2n) is 8.12. The van der Waals surface area contributed by atoms with E-state index in [4.69, 9.17) is 27.9 Å². The highest BCUT2D eigenvalue weighted by Gasteiger charge is 2.33. The zero-order valence-electron chi connectivity index (χ0n) is 15.5. The van der Waals surface area contributed by atoms with Gasteiger partial charge in [0, 0.05) is 36.2 Å². The van der Waals surface area contributed by atoms with E-state index in [0.29, 0.717) is 16.6 Å². The van der Waals surface area contributed by atoms with Crippen molar-refractivity contribution in [1.29, 1.82) is 0 Å². The normalized spacial score (nSPS) is 17.4. The van der Waals surface area contributed by atoms with E-state index in [9.17, 15) is 4.79 Å². The summed E-state index contributed by atoms with van der Waals surface area (Å²) in [5, 5.41) is 4.83. The fourth-order valence-corrected chi connectivity index (χ4v) is 3.37. The average Bonchev–Trinajstić information content (AvgIpc) is 2.48. The van der Waals surface area contributed by atoms with Crippen molar-refractivity contribution in [1.82, 2.24) is 10.2 Å². The van der Waals surface area contributed by atoms with E-state index in [1.165, 1.54) is 0 Å². The zero-order valence-corrected chi connectivity index (χ0v) is 17.0. The van der Waals surface area contributed by atoms with Crippen molar-refractivity contribution in [2.45, 2.75) is 52.7 Å². The van der Waals surface area contributed by atoms with Crippen molar-refractivity contribution >= 4 is 29.3 Å². The van der Waals surface area contributed by atoms with Gasteiger partial charge < -0.3 is 15.0 Å². The molecule has 0 spiro atoms. The second kappa shape index (κ2) is 8.15. The van der Waals surface area contributed by atoms with Gasteiger partial charge in [-0.25, -0.2) is 4.79 Å². The molecular weight excluding hydrogens is 359 g/mol. The van der Waals surface area contributed by atoms with Crippen molar-refractivity contribution in [3.05, 3.63) is 33.8 Å². The third kappa shape index (κ3) is 6.36. The number of hydrogen-bond acceptors (Lipinski definition) is 3. The van der Waals surface area contributed by atoms with Crippen LogP contribution in [0.25, 0.3) is 0 Å². The first-order valence-corrected chi connectivity index (χ1v) is 9.46. The quantitative estimate of drug-likeness (QED) is 0.780. The topological polar surface area (TPSA) is 41.6 Å². The Morgan fingerprint density at radius 3 is 2.48 bits per heavy atom. The molecule has 1 heterocycles. The highest BCUT2D eigenvalue weighted by atomic mass is 35.5. The summed E-state index contributed by atoms with van der Waals surface area (Å²) >= 11 is 12.1. The van der Waals surface area contributed by atoms with Gasteiger partial charge in [-0.3, -0.25) is 0 Å². The number of benzene rings is 1. The fourth-order valence-electron chi connectivity index (χ4n) is 2.90. The van der Waals surface area contributed by atoms with Crippen LogP contribution in [-0.4, -0.2) is 36.2 Å². The number of nitrogens with zero attached hydrogens (tertiary/aromatic N) is 1. The number of halogens is 2. The average molecular weight is 387 g/mol. The lowest BCUT2D eigenvalue weighted by molar-refractivity contribution is 0.0119. The van der Waals surface area contributed by atoms with Crippen molar-refractivity contribution in [3.8, 4) is 0 Å². The summed E-state index contributed by atoms with van der Waals surface area (Å²) in [6, 6.07) is 5.57. The molecule has 1 saturated heterocycles. The summed E-state index contributed by atoms with van der Waals surface area (Å²) in [5.74, 6) is 0. The summed E-state index contributed by atoms with van der Waals surface area (Å²) in [6.45, 7) is 11.0. The molecule has 1 aliphatic heterocycles. The Morgan fingerprint density at radius 1 is 1.28 bits per heavy atom. The molecule has 0 aromatic heterocycles. The number of hydrogen-bond donors (Lipinski definition) is 1. The molecule has 4 nitrogen and oxygen atoms in total. The molecule has 1 amide bonds. The van der Waals surface area contributed by atoms with E-state index in [1.807, 2.05) is 37.8 Å². The van der Waals surface area contributed by atoms with Crippen molar-refractivity contribution in [2.75, 3.05) is 19.6 Å². The van der Waals surface area contributed by atoms with Gasteiger partial charge in [-0.15, -0.1) is 0 Å². The lowest BCUT2D eigenvalue weighted by atomic mass is 9.80. The summed E-state index contributed by atoms with van der Waals surface area (Å²) in [7, 11) is 0. The van der Waals surface area contributed by atoms with E-state index >= 15 is 0 Å². The molecule has 0 radical (unpaired) electrons. The first-order chi connectivity index (χ1) is 11.6. The molecule has 1 aromatic rings. The molecule has 1 fully saturated rings. The molecule has 0 aliphatic carbocycles. The highest BCUT2D eigenvalue weighted by molar-refractivity contribution is 6.35. The molecule has 0 bridgehead atoms. The molecule has 1 aromatic carbocycles. The SMILES string of the molecule is CC1(CNCc2ccc(Cl)cc2Cl)CCN(C(=O)OC(C)(C)C)CC1. The Balaban J connectivity index is 1.79. The van der Waals surface area contributed by atoms with Crippen molar-refractivity contribution in [3.63, 3.8) is 0 Å². The first kappa shape index (κ1) is 20.3. The van der Waals surface area contributed by atoms with Crippen molar-refractivity contribution < 1.29 is 9.53 Å². The first-order valence-electron chi connectivity index (χ1n) is 8.71. The van der Waals surface area contributed by atoms with Crippen LogP contribution < -0.4 is 5.32 Å². The summed E-state index contributed by atoms with van der Waals surface area (Å²) in [6.07, 6.45) is 1.69. The Bertz CT molecular complexity index is 606. The minimum Gasteiger partial charge on any atom is -0.444 e. The molecular formula is C19H28Cl2N2O2. The lowest BCUT2D eigenvalue weighted by Gasteiger charge is -2.40. The van der Waals surface area contributed by atoms with Crippen LogP contribution in [0.1, 0.15) is 46.1 Å². The second-order valence-corrected chi connectivity index (χ2v) is 8.96. The van der Waals surface area contributed by atoms with Crippen LogP contribution in [0.5, 0.6) is 0 Å². The van der Waals surface area contributed by atoms with Gasteiger partial charge in [0.25, 0.3) is 0 Å². The van der Waals surface area contributed by atoms with Gasteiger partial charge in [0.2, 0.25) is 0 Å². The molecule has 2 rings (SSSR count). The number of ether oxygens (including phenoxy) is 1. The number of piperidine rings is 1. The van der Waals surface area contributed by atoms with Crippen LogP contribution in [-0.2, 0) is 11.3 Å². The Labute approximate surface area is 160 Å². The van der Waals surface area contributed by atoms with Crippen LogP contribution in [0.15, 0.2) is 18.2 Å². The predicted molar refractivity (Wildman–Crippen MR) is 103 cm³/mol. The summed E-state index contributed by atoms with van der Waals surface area (Å²) in [4.78, 5) is 14.0. The van der Waals surface area contributed by atoms with Gasteiger partial charge in [-0.1, -0.05) is 36.2 Å². The van der Waals surface area contributed by atoms with Gasteiger partial charge >= 0.3 is 6.09 Å². The zero-order chi connectivity index (χ0) is 18.7. The number of carbonyl (C=O) groups excluding carboxylic acids is 1. The molecule has 0 saturated carbocycles. The van der Waals surface area contributed by atoms with Crippen LogP contribution in [0.2, 0.25) is 10.0 Å². The lowest BCUT2D eigenvalue weighted by Crippen LogP contribution is -2.47. The van der Waals surface area contributed by atoms with Crippen LogP contribution in [0.3, 0.4) is 0 Å². The van der Waals surface area contributed by atoms with Gasteiger partial charge in [-0.2, -0.15) is 0 Å². The minimum absolute atomic E-state index is 0.164. The Kier molecular flexibility index (Phi) is 6.63. The predicted octanol–water partition coefficient (Wildman–Crippen LogP) is 5.12. The maximum absolute atomic E-state index is 12.2. The largest absolute Gasteiger partial charge is 0.444 e. The van der Waals surface area contributed by atoms with E-state index in [2.05, 4.69) is 12.2 Å². The third-order valence-electron chi connectivity index (χ3n) is 4.50.